The number of aliphatic imine (C=N–C) groups is 1. The molecule has 310 valence electrons. The van der Waals surface area contributed by atoms with Gasteiger partial charge < -0.3 is 54.2 Å². The minimum Gasteiger partial charge on any atom is -0.508 e. The number of carbonyl (C=O) groups is 6. The van der Waals surface area contributed by atoms with Crippen LogP contribution in [0.15, 0.2) is 89.9 Å². The van der Waals surface area contributed by atoms with Crippen molar-refractivity contribution >= 4 is 41.4 Å². The molecule has 5 atom stereocenters. The molecule has 0 unspecified atom stereocenters. The predicted molar refractivity (Wildman–Crippen MR) is 217 cm³/mol. The Kier molecular flexibility index (Phi) is 17.0. The number of phenolic OH excluding ortho intramolecular Hbond substituents is 1. The van der Waals surface area contributed by atoms with Gasteiger partial charge in [0.2, 0.25) is 35.4 Å². The van der Waals surface area contributed by atoms with Crippen LogP contribution >= 0.6 is 0 Å². The molecule has 6 amide bonds. The van der Waals surface area contributed by atoms with Crippen LogP contribution in [0, 0.1) is 0 Å². The number of rotatable bonds is 21. The molecule has 17 heteroatoms. The normalized spacial score (nSPS) is 15.5. The summed E-state index contributed by atoms with van der Waals surface area (Å²) in [6, 6.07) is 18.6. The molecule has 1 aliphatic heterocycles. The van der Waals surface area contributed by atoms with E-state index in [4.69, 9.17) is 22.9 Å². The van der Waals surface area contributed by atoms with Crippen LogP contribution in [0.3, 0.4) is 0 Å². The van der Waals surface area contributed by atoms with Gasteiger partial charge in [0.1, 0.15) is 36.0 Å². The summed E-state index contributed by atoms with van der Waals surface area (Å²) >= 11 is 0. The summed E-state index contributed by atoms with van der Waals surface area (Å²) in [5, 5.41) is 20.7. The monoisotopic (exact) mass is 798 g/mol. The summed E-state index contributed by atoms with van der Waals surface area (Å²) in [4.78, 5) is 86.6. The first-order valence-corrected chi connectivity index (χ1v) is 19.3. The lowest BCUT2D eigenvalue weighted by atomic mass is 10.0. The summed E-state index contributed by atoms with van der Waals surface area (Å²) in [6.07, 6.45) is 1.51. The maximum absolute atomic E-state index is 14.3. The zero-order chi connectivity index (χ0) is 42.0. The number of nitrogens with zero attached hydrogens (tertiary/aromatic N) is 2. The molecule has 4 rings (SSSR count). The van der Waals surface area contributed by atoms with Gasteiger partial charge in [0, 0.05) is 45.3 Å². The summed E-state index contributed by atoms with van der Waals surface area (Å²) in [6.45, 7) is 0.553. The quantitative estimate of drug-likeness (QED) is 0.0369. The Hall–Kier alpha value is -6.49. The van der Waals surface area contributed by atoms with Crippen molar-refractivity contribution in [2.24, 2.45) is 27.9 Å². The highest BCUT2D eigenvalue weighted by molar-refractivity contribution is 5.96. The van der Waals surface area contributed by atoms with Crippen LogP contribution in [0.25, 0.3) is 0 Å². The second-order valence-electron chi connectivity index (χ2n) is 14.1. The third kappa shape index (κ3) is 13.9. The highest BCUT2D eigenvalue weighted by Crippen LogP contribution is 2.21. The Morgan fingerprint density at radius 2 is 1.24 bits per heavy atom. The number of guanidine groups is 1. The molecule has 3 aromatic rings. The van der Waals surface area contributed by atoms with Gasteiger partial charge in [-0.05, 0) is 54.5 Å². The first-order valence-electron chi connectivity index (χ1n) is 19.3. The molecule has 1 fully saturated rings. The highest BCUT2D eigenvalue weighted by atomic mass is 16.3. The Balaban J connectivity index is 1.56. The largest absolute Gasteiger partial charge is 0.508 e. The molecule has 13 N–H and O–H groups in total. The van der Waals surface area contributed by atoms with Crippen molar-refractivity contribution in [2.75, 3.05) is 19.6 Å². The average molecular weight is 799 g/mol. The Labute approximate surface area is 337 Å². The van der Waals surface area contributed by atoms with Crippen molar-refractivity contribution in [2.45, 2.75) is 81.6 Å². The van der Waals surface area contributed by atoms with E-state index >= 15 is 0 Å². The topological polar surface area (TPSA) is 290 Å². The van der Waals surface area contributed by atoms with Crippen LogP contribution in [0.4, 0.5) is 0 Å². The number of likely N-dealkylation sites (tertiary alicyclic amines) is 1. The van der Waals surface area contributed by atoms with Crippen molar-refractivity contribution in [3.8, 4) is 5.75 Å². The number of hydrogen-bond donors (Lipinski definition) is 9. The average Bonchev–Trinajstić information content (AvgIpc) is 3.70. The third-order valence-corrected chi connectivity index (χ3v) is 9.66. The van der Waals surface area contributed by atoms with Gasteiger partial charge in [-0.3, -0.25) is 33.8 Å². The fraction of sp³-hybridized carbons (Fsp3) is 0.390. The van der Waals surface area contributed by atoms with E-state index in [0.29, 0.717) is 30.4 Å². The first kappa shape index (κ1) is 44.2. The molecular formula is C41H54N10O7. The molecule has 1 saturated heterocycles. The molecule has 0 saturated carbocycles. The number of nitrogens with two attached hydrogens (primary N) is 4. The maximum atomic E-state index is 14.3. The summed E-state index contributed by atoms with van der Waals surface area (Å²) in [5.41, 5.74) is 24.2. The van der Waals surface area contributed by atoms with Crippen molar-refractivity contribution in [1.29, 1.82) is 0 Å². The van der Waals surface area contributed by atoms with Crippen molar-refractivity contribution < 1.29 is 33.9 Å². The predicted octanol–water partition coefficient (Wildman–Crippen LogP) is -0.762. The first-order chi connectivity index (χ1) is 27.8. The molecule has 0 radical (unpaired) electrons. The summed E-state index contributed by atoms with van der Waals surface area (Å²) < 4.78 is 0. The standard InChI is InChI=1S/C41H54N10O7/c42-20-19-35(53)47-30(13-7-21-46-41(44)45)40(58)51-22-8-14-34(51)39(57)50-33(25-27-11-5-2-6-12-27)38(56)49-32(24-26-9-3-1-4-10-26)37(55)48-31(36(43)54)23-28-15-17-29(52)18-16-28/h1-6,9-12,15-18,30-34,52H,7-8,13-14,19-25,42H2,(H2,43,54)(H,47,53)(H,48,55)(H,49,56)(H,50,57)(H4,44,45,46)/t30-,31-,32-,33-,34-/m0/s1. The molecule has 0 bridgehead atoms. The fourth-order valence-electron chi connectivity index (χ4n) is 6.68. The number of amides is 6. The van der Waals surface area contributed by atoms with E-state index in [9.17, 15) is 33.9 Å². The highest BCUT2D eigenvalue weighted by Gasteiger charge is 2.39. The van der Waals surface area contributed by atoms with E-state index in [1.54, 1.807) is 60.7 Å². The van der Waals surface area contributed by atoms with Crippen LogP contribution in [0.2, 0.25) is 0 Å². The number of aromatic hydroxyl groups is 1. The van der Waals surface area contributed by atoms with E-state index in [1.165, 1.54) is 17.0 Å². The molecule has 3 aromatic carbocycles. The van der Waals surface area contributed by atoms with Crippen molar-refractivity contribution in [1.82, 2.24) is 26.2 Å². The lowest BCUT2D eigenvalue weighted by molar-refractivity contribution is -0.142. The van der Waals surface area contributed by atoms with Gasteiger partial charge in [-0.1, -0.05) is 72.8 Å². The van der Waals surface area contributed by atoms with Gasteiger partial charge in [-0.25, -0.2) is 0 Å². The lowest BCUT2D eigenvalue weighted by Crippen LogP contribution is -2.59. The minimum absolute atomic E-state index is 0.00274. The second kappa shape index (κ2) is 22.3. The number of hydrogen-bond acceptors (Lipinski definition) is 9. The number of nitrogens with one attached hydrogen (secondary N) is 4. The van der Waals surface area contributed by atoms with E-state index in [-0.39, 0.29) is 63.4 Å². The van der Waals surface area contributed by atoms with Crippen LogP contribution in [-0.2, 0) is 48.0 Å². The number of primary amides is 1. The van der Waals surface area contributed by atoms with Crippen molar-refractivity contribution in [3.63, 3.8) is 0 Å². The zero-order valence-electron chi connectivity index (χ0n) is 32.3. The molecule has 17 nitrogen and oxygen atoms in total. The van der Waals surface area contributed by atoms with Gasteiger partial charge >= 0.3 is 0 Å². The number of carbonyl (C=O) groups excluding carboxylic acids is 6. The smallest absolute Gasteiger partial charge is 0.245 e. The molecule has 0 spiro atoms. The van der Waals surface area contributed by atoms with Gasteiger partial charge in [0.25, 0.3) is 0 Å². The second-order valence-corrected chi connectivity index (χ2v) is 14.1. The number of benzene rings is 3. The van der Waals surface area contributed by atoms with Crippen LogP contribution < -0.4 is 44.2 Å². The van der Waals surface area contributed by atoms with Gasteiger partial charge in [-0.2, -0.15) is 0 Å². The molecule has 1 heterocycles. The van der Waals surface area contributed by atoms with Crippen LogP contribution in [0.5, 0.6) is 5.75 Å². The van der Waals surface area contributed by atoms with Gasteiger partial charge in [0.05, 0.1) is 0 Å². The molecular weight excluding hydrogens is 745 g/mol. The maximum Gasteiger partial charge on any atom is 0.245 e. The Morgan fingerprint density at radius 3 is 1.79 bits per heavy atom. The third-order valence-electron chi connectivity index (χ3n) is 9.66. The van der Waals surface area contributed by atoms with E-state index < -0.39 is 65.7 Å². The molecule has 0 aliphatic carbocycles. The molecule has 58 heavy (non-hydrogen) atoms. The van der Waals surface area contributed by atoms with Gasteiger partial charge in [0.15, 0.2) is 5.96 Å². The number of phenols is 1. The SMILES string of the molecule is NCCC(=O)N[C@@H](CCCN=C(N)N)C(=O)N1CCC[C@H]1C(=O)N[C@@H](Cc1ccccc1)C(=O)N[C@@H](Cc1ccccc1)C(=O)N[C@@H](Cc1ccc(O)cc1)C(N)=O. The van der Waals surface area contributed by atoms with Crippen LogP contribution in [-0.4, -0.2) is 101 Å². The van der Waals surface area contributed by atoms with E-state index in [1.807, 2.05) is 12.1 Å². The van der Waals surface area contributed by atoms with Crippen LogP contribution in [0.1, 0.15) is 48.8 Å². The summed E-state index contributed by atoms with van der Waals surface area (Å²) in [5.74, 6) is -3.69. The summed E-state index contributed by atoms with van der Waals surface area (Å²) in [7, 11) is 0. The van der Waals surface area contributed by atoms with E-state index in [0.717, 1.165) is 5.56 Å². The minimum atomic E-state index is -1.20. The molecule has 0 aromatic heterocycles. The zero-order valence-corrected chi connectivity index (χ0v) is 32.3. The molecule has 1 aliphatic rings. The Bertz CT molecular complexity index is 1870. The van der Waals surface area contributed by atoms with Crippen molar-refractivity contribution in [3.05, 3.63) is 102 Å². The fourth-order valence-corrected chi connectivity index (χ4v) is 6.68. The lowest BCUT2D eigenvalue weighted by Gasteiger charge is -2.30. The Morgan fingerprint density at radius 1 is 0.707 bits per heavy atom. The van der Waals surface area contributed by atoms with E-state index in [2.05, 4.69) is 26.3 Å². The van der Waals surface area contributed by atoms with Gasteiger partial charge in [-0.15, -0.1) is 0 Å².